The number of benzene rings is 1. The maximum atomic E-state index is 11.0. The SMILES string of the molecule is CC(O)(CO)CNc1cc(C(N)=O)ccc1[N+](=O)[O-]. The monoisotopic (exact) mass is 269 g/mol. The molecule has 0 spiro atoms. The van der Waals surface area contributed by atoms with Crippen molar-refractivity contribution in [1.82, 2.24) is 0 Å². The Morgan fingerprint density at radius 3 is 2.68 bits per heavy atom. The lowest BCUT2D eigenvalue weighted by Crippen LogP contribution is -2.37. The van der Waals surface area contributed by atoms with Crippen molar-refractivity contribution in [3.8, 4) is 0 Å². The molecule has 0 aliphatic carbocycles. The molecule has 0 aromatic heterocycles. The number of amides is 1. The Morgan fingerprint density at radius 2 is 2.21 bits per heavy atom. The number of primary amides is 1. The van der Waals surface area contributed by atoms with Gasteiger partial charge in [-0.25, -0.2) is 0 Å². The second kappa shape index (κ2) is 5.63. The number of aliphatic hydroxyl groups is 2. The highest BCUT2D eigenvalue weighted by atomic mass is 16.6. The van der Waals surface area contributed by atoms with Crippen molar-refractivity contribution in [1.29, 1.82) is 0 Å². The summed E-state index contributed by atoms with van der Waals surface area (Å²) in [6.45, 7) is 0.736. The van der Waals surface area contributed by atoms with Crippen LogP contribution in [0.3, 0.4) is 0 Å². The number of aliphatic hydroxyl groups excluding tert-OH is 1. The van der Waals surface area contributed by atoms with Crippen molar-refractivity contribution in [2.45, 2.75) is 12.5 Å². The first-order valence-electron chi connectivity index (χ1n) is 5.42. The summed E-state index contributed by atoms with van der Waals surface area (Å²) in [6, 6.07) is 3.62. The van der Waals surface area contributed by atoms with E-state index in [0.717, 1.165) is 6.07 Å². The van der Waals surface area contributed by atoms with Gasteiger partial charge in [0.15, 0.2) is 0 Å². The minimum absolute atomic E-state index is 0.0509. The predicted octanol–water partition coefficient (Wildman–Crippen LogP) is -0.151. The summed E-state index contributed by atoms with van der Waals surface area (Å²) in [7, 11) is 0. The Hall–Kier alpha value is -2.19. The molecule has 19 heavy (non-hydrogen) atoms. The minimum atomic E-state index is -1.43. The second-order valence-corrected chi connectivity index (χ2v) is 4.36. The first-order valence-corrected chi connectivity index (χ1v) is 5.42. The lowest BCUT2D eigenvalue weighted by molar-refractivity contribution is -0.384. The van der Waals surface area contributed by atoms with Crippen LogP contribution in [-0.4, -0.2) is 39.8 Å². The third-order valence-electron chi connectivity index (χ3n) is 2.48. The predicted molar refractivity (Wildman–Crippen MR) is 67.8 cm³/mol. The van der Waals surface area contributed by atoms with E-state index in [0.29, 0.717) is 0 Å². The zero-order valence-corrected chi connectivity index (χ0v) is 10.3. The van der Waals surface area contributed by atoms with Gasteiger partial charge < -0.3 is 21.3 Å². The largest absolute Gasteiger partial charge is 0.393 e. The van der Waals surface area contributed by atoms with Crippen LogP contribution < -0.4 is 11.1 Å². The van der Waals surface area contributed by atoms with Crippen molar-refractivity contribution in [3.63, 3.8) is 0 Å². The highest BCUT2D eigenvalue weighted by molar-refractivity contribution is 5.94. The number of rotatable bonds is 6. The summed E-state index contributed by atoms with van der Waals surface area (Å²) >= 11 is 0. The van der Waals surface area contributed by atoms with Gasteiger partial charge in [0.2, 0.25) is 5.91 Å². The molecule has 1 aromatic carbocycles. The van der Waals surface area contributed by atoms with Crippen molar-refractivity contribution in [2.24, 2.45) is 5.73 Å². The van der Waals surface area contributed by atoms with Crippen LogP contribution in [0.25, 0.3) is 0 Å². The molecule has 0 saturated heterocycles. The highest BCUT2D eigenvalue weighted by Crippen LogP contribution is 2.25. The van der Waals surface area contributed by atoms with E-state index in [4.69, 9.17) is 10.8 Å². The summed E-state index contributed by atoms with van der Waals surface area (Å²) < 4.78 is 0. The van der Waals surface area contributed by atoms with E-state index in [-0.39, 0.29) is 23.5 Å². The number of anilines is 1. The van der Waals surface area contributed by atoms with Crippen LogP contribution in [0.1, 0.15) is 17.3 Å². The zero-order chi connectivity index (χ0) is 14.6. The van der Waals surface area contributed by atoms with Crippen LogP contribution in [-0.2, 0) is 0 Å². The topological polar surface area (TPSA) is 139 Å². The molecular formula is C11H15N3O5. The molecule has 0 fully saturated rings. The van der Waals surface area contributed by atoms with Crippen LogP contribution in [0, 0.1) is 10.1 Å². The van der Waals surface area contributed by atoms with Crippen LogP contribution in [0.4, 0.5) is 11.4 Å². The number of nitrogens with one attached hydrogen (secondary N) is 1. The van der Waals surface area contributed by atoms with E-state index >= 15 is 0 Å². The Labute approximate surface area is 109 Å². The van der Waals surface area contributed by atoms with Crippen molar-refractivity contribution >= 4 is 17.3 Å². The molecule has 1 rings (SSSR count). The number of nitrogens with two attached hydrogens (primary N) is 1. The maximum absolute atomic E-state index is 11.0. The fraction of sp³-hybridized carbons (Fsp3) is 0.364. The van der Waals surface area contributed by atoms with Gasteiger partial charge in [-0.15, -0.1) is 0 Å². The molecule has 8 nitrogen and oxygen atoms in total. The third-order valence-corrected chi connectivity index (χ3v) is 2.48. The molecule has 104 valence electrons. The molecular weight excluding hydrogens is 254 g/mol. The summed E-state index contributed by atoms with van der Waals surface area (Å²) in [4.78, 5) is 21.2. The normalized spacial score (nSPS) is 13.6. The molecule has 0 heterocycles. The summed E-state index contributed by atoms with van der Waals surface area (Å²) in [5, 5.41) is 32.0. The van der Waals surface area contributed by atoms with Gasteiger partial charge in [0.1, 0.15) is 11.3 Å². The first-order chi connectivity index (χ1) is 8.76. The van der Waals surface area contributed by atoms with E-state index in [1.807, 2.05) is 0 Å². The highest BCUT2D eigenvalue weighted by Gasteiger charge is 2.22. The number of carbonyl (C=O) groups is 1. The molecule has 1 unspecified atom stereocenters. The van der Waals surface area contributed by atoms with Gasteiger partial charge in [0, 0.05) is 18.2 Å². The molecule has 0 aliphatic rings. The average Bonchev–Trinajstić information content (AvgIpc) is 2.35. The number of nitro groups is 1. The Balaban J connectivity index is 3.04. The van der Waals surface area contributed by atoms with E-state index in [1.54, 1.807) is 0 Å². The van der Waals surface area contributed by atoms with Gasteiger partial charge in [-0.1, -0.05) is 0 Å². The van der Waals surface area contributed by atoms with E-state index in [2.05, 4.69) is 5.32 Å². The van der Waals surface area contributed by atoms with E-state index in [1.165, 1.54) is 19.1 Å². The minimum Gasteiger partial charge on any atom is -0.393 e. The first kappa shape index (κ1) is 14.9. The van der Waals surface area contributed by atoms with Gasteiger partial charge in [-0.05, 0) is 19.1 Å². The van der Waals surface area contributed by atoms with Crippen molar-refractivity contribution in [3.05, 3.63) is 33.9 Å². The van der Waals surface area contributed by atoms with Gasteiger partial charge in [0.05, 0.1) is 11.5 Å². The molecule has 0 saturated carbocycles. The van der Waals surface area contributed by atoms with Crippen LogP contribution >= 0.6 is 0 Å². The number of carbonyl (C=O) groups excluding carboxylic acids is 1. The average molecular weight is 269 g/mol. The Kier molecular flexibility index (Phi) is 4.41. The zero-order valence-electron chi connectivity index (χ0n) is 10.3. The molecule has 5 N–H and O–H groups in total. The quantitative estimate of drug-likeness (QED) is 0.418. The smallest absolute Gasteiger partial charge is 0.292 e. The lowest BCUT2D eigenvalue weighted by Gasteiger charge is -2.21. The van der Waals surface area contributed by atoms with E-state index < -0.39 is 23.0 Å². The molecule has 0 aliphatic heterocycles. The third kappa shape index (κ3) is 3.90. The number of hydrogen-bond donors (Lipinski definition) is 4. The van der Waals surface area contributed by atoms with Gasteiger partial charge >= 0.3 is 0 Å². The molecule has 8 heteroatoms. The lowest BCUT2D eigenvalue weighted by atomic mass is 10.1. The number of hydrogen-bond acceptors (Lipinski definition) is 6. The molecule has 1 amide bonds. The van der Waals surface area contributed by atoms with Gasteiger partial charge in [-0.2, -0.15) is 0 Å². The standard InChI is InChI=1S/C11H15N3O5/c1-11(17,6-15)5-13-8-4-7(10(12)16)2-3-9(8)14(18)19/h2-4,13,15,17H,5-6H2,1H3,(H2,12,16). The van der Waals surface area contributed by atoms with Crippen LogP contribution in [0.2, 0.25) is 0 Å². The summed E-state index contributed by atoms with van der Waals surface area (Å²) in [6.07, 6.45) is 0. The number of nitro benzene ring substituents is 1. The molecule has 0 radical (unpaired) electrons. The second-order valence-electron chi connectivity index (χ2n) is 4.36. The Bertz CT molecular complexity index is 501. The molecule has 0 bridgehead atoms. The Morgan fingerprint density at radius 1 is 1.58 bits per heavy atom. The van der Waals surface area contributed by atoms with Gasteiger partial charge in [-0.3, -0.25) is 14.9 Å². The number of nitrogens with zero attached hydrogens (tertiary/aromatic N) is 1. The fourth-order valence-electron chi connectivity index (χ4n) is 1.33. The fourth-order valence-corrected chi connectivity index (χ4v) is 1.33. The summed E-state index contributed by atoms with van der Waals surface area (Å²) in [5.41, 5.74) is 3.56. The molecule has 1 atom stereocenters. The van der Waals surface area contributed by atoms with E-state index in [9.17, 15) is 20.0 Å². The van der Waals surface area contributed by atoms with Gasteiger partial charge in [0.25, 0.3) is 5.69 Å². The molecule has 1 aromatic rings. The van der Waals surface area contributed by atoms with Crippen LogP contribution in [0.15, 0.2) is 18.2 Å². The maximum Gasteiger partial charge on any atom is 0.292 e. The van der Waals surface area contributed by atoms with Crippen molar-refractivity contribution < 1.29 is 19.9 Å². The summed E-state index contributed by atoms with van der Waals surface area (Å²) in [5.74, 6) is -0.716. The van der Waals surface area contributed by atoms with Crippen molar-refractivity contribution in [2.75, 3.05) is 18.5 Å². The van der Waals surface area contributed by atoms with Crippen LogP contribution in [0.5, 0.6) is 0 Å².